The molecule has 4 rings (SSSR count). The maximum Gasteiger partial charge on any atom is 0.267 e. The number of nitrogens with zero attached hydrogens (tertiary/aromatic N) is 3. The highest BCUT2D eigenvalue weighted by atomic mass is 32.2. The molecular formula is C21H24N4O4S2. The average Bonchev–Trinajstić information content (AvgIpc) is 3.36. The summed E-state index contributed by atoms with van der Waals surface area (Å²) in [6, 6.07) is 3.71. The van der Waals surface area contributed by atoms with Gasteiger partial charge in [0.2, 0.25) is 0 Å². The number of nitrogens with one attached hydrogen (secondary N) is 1. The first-order chi connectivity index (χ1) is 15.0. The van der Waals surface area contributed by atoms with Crippen LogP contribution in [0.3, 0.4) is 0 Å². The number of hydrogen-bond donors (Lipinski definition) is 1. The van der Waals surface area contributed by atoms with Crippen molar-refractivity contribution in [1.82, 2.24) is 14.3 Å². The summed E-state index contributed by atoms with van der Waals surface area (Å²) >= 11 is 6.53. The van der Waals surface area contributed by atoms with Gasteiger partial charge in [-0.05, 0) is 37.5 Å². The smallest absolute Gasteiger partial charge is 0.267 e. The lowest BCUT2D eigenvalue weighted by atomic mass is 10.2. The average molecular weight is 461 g/mol. The second-order valence-corrected chi connectivity index (χ2v) is 9.08. The molecule has 2 aromatic rings. The van der Waals surface area contributed by atoms with E-state index in [4.69, 9.17) is 26.7 Å². The topological polar surface area (TPSA) is 85.2 Å². The number of anilines is 1. The molecule has 0 radical (unpaired) electrons. The Bertz CT molecular complexity index is 1110. The first-order valence-corrected chi connectivity index (χ1v) is 11.3. The Morgan fingerprint density at radius 1 is 1.45 bits per heavy atom. The van der Waals surface area contributed by atoms with E-state index in [0.717, 1.165) is 25.0 Å². The molecule has 0 saturated carbocycles. The molecule has 2 aliphatic rings. The van der Waals surface area contributed by atoms with Gasteiger partial charge in [0.1, 0.15) is 15.8 Å². The summed E-state index contributed by atoms with van der Waals surface area (Å²) in [6.07, 6.45) is 5.34. The lowest BCUT2D eigenvalue weighted by Gasteiger charge is -2.15. The zero-order chi connectivity index (χ0) is 22.0. The van der Waals surface area contributed by atoms with Gasteiger partial charge in [-0.25, -0.2) is 4.98 Å². The Morgan fingerprint density at radius 3 is 3.03 bits per heavy atom. The van der Waals surface area contributed by atoms with Crippen molar-refractivity contribution in [3.63, 3.8) is 0 Å². The van der Waals surface area contributed by atoms with Crippen LogP contribution < -0.4 is 10.9 Å². The molecule has 2 fully saturated rings. The van der Waals surface area contributed by atoms with E-state index >= 15 is 0 Å². The van der Waals surface area contributed by atoms with Gasteiger partial charge in [0.15, 0.2) is 0 Å². The number of aromatic nitrogens is 2. The zero-order valence-corrected chi connectivity index (χ0v) is 19.1. The molecule has 2 aromatic heterocycles. The molecule has 2 aliphatic heterocycles. The third-order valence-corrected chi connectivity index (χ3v) is 6.65. The molecule has 164 valence electrons. The molecule has 10 heteroatoms. The van der Waals surface area contributed by atoms with E-state index in [1.807, 2.05) is 13.0 Å². The fourth-order valence-corrected chi connectivity index (χ4v) is 4.89. The molecule has 31 heavy (non-hydrogen) atoms. The third-order valence-electron chi connectivity index (χ3n) is 5.27. The van der Waals surface area contributed by atoms with Crippen LogP contribution in [0.5, 0.6) is 0 Å². The number of thioether (sulfide) groups is 1. The molecule has 2 saturated heterocycles. The Balaban J connectivity index is 1.74. The van der Waals surface area contributed by atoms with Crippen molar-refractivity contribution in [2.75, 3.05) is 38.7 Å². The minimum atomic E-state index is -0.245. The van der Waals surface area contributed by atoms with Crippen LogP contribution in [0.25, 0.3) is 11.7 Å². The van der Waals surface area contributed by atoms with Gasteiger partial charge in [0.25, 0.3) is 11.5 Å². The van der Waals surface area contributed by atoms with Crippen LogP contribution in [0.4, 0.5) is 5.82 Å². The van der Waals surface area contributed by atoms with Crippen LogP contribution in [0.15, 0.2) is 28.0 Å². The largest absolute Gasteiger partial charge is 0.383 e. The minimum Gasteiger partial charge on any atom is -0.383 e. The molecular weight excluding hydrogens is 436 g/mol. The fourth-order valence-electron chi connectivity index (χ4n) is 3.60. The van der Waals surface area contributed by atoms with Gasteiger partial charge in [0, 0.05) is 26.5 Å². The zero-order valence-electron chi connectivity index (χ0n) is 17.4. The number of ether oxygens (including phenoxy) is 2. The predicted octanol–water partition coefficient (Wildman–Crippen LogP) is 2.44. The molecule has 1 unspecified atom stereocenters. The van der Waals surface area contributed by atoms with E-state index in [0.29, 0.717) is 46.0 Å². The van der Waals surface area contributed by atoms with Gasteiger partial charge in [-0.3, -0.25) is 18.9 Å². The van der Waals surface area contributed by atoms with Crippen molar-refractivity contribution in [1.29, 1.82) is 0 Å². The lowest BCUT2D eigenvalue weighted by molar-refractivity contribution is -0.122. The van der Waals surface area contributed by atoms with Crippen LogP contribution in [0, 0.1) is 6.92 Å². The van der Waals surface area contributed by atoms with Crippen molar-refractivity contribution in [3.05, 3.63) is 44.7 Å². The normalized spacial score (nSPS) is 20.4. The molecule has 1 amide bonds. The molecule has 0 spiro atoms. The third kappa shape index (κ3) is 4.52. The maximum atomic E-state index is 13.3. The number of rotatable bonds is 7. The van der Waals surface area contributed by atoms with E-state index in [2.05, 4.69) is 5.32 Å². The number of aryl methyl sites for hydroxylation is 1. The predicted molar refractivity (Wildman–Crippen MR) is 125 cm³/mol. The lowest BCUT2D eigenvalue weighted by Crippen LogP contribution is -2.31. The minimum absolute atomic E-state index is 0.0808. The number of hydrogen-bond acceptors (Lipinski definition) is 8. The summed E-state index contributed by atoms with van der Waals surface area (Å²) in [7, 11) is 1.57. The van der Waals surface area contributed by atoms with Crippen LogP contribution in [0.2, 0.25) is 0 Å². The molecule has 0 aromatic carbocycles. The summed E-state index contributed by atoms with van der Waals surface area (Å²) in [6.45, 7) is 3.95. The maximum absolute atomic E-state index is 13.3. The first-order valence-electron chi connectivity index (χ1n) is 10.1. The van der Waals surface area contributed by atoms with Gasteiger partial charge >= 0.3 is 0 Å². The van der Waals surface area contributed by atoms with Crippen molar-refractivity contribution in [3.8, 4) is 0 Å². The number of carbonyl (C=O) groups is 1. The quantitative estimate of drug-likeness (QED) is 0.498. The second-order valence-electron chi connectivity index (χ2n) is 7.41. The van der Waals surface area contributed by atoms with Gasteiger partial charge in [-0.15, -0.1) is 0 Å². The number of methoxy groups -OCH3 is 1. The summed E-state index contributed by atoms with van der Waals surface area (Å²) < 4.78 is 12.7. The highest BCUT2D eigenvalue weighted by Crippen LogP contribution is 2.33. The van der Waals surface area contributed by atoms with Crippen LogP contribution in [-0.4, -0.2) is 64.0 Å². The molecule has 1 N–H and O–H groups in total. The summed E-state index contributed by atoms with van der Waals surface area (Å²) in [5.74, 6) is 0.211. The van der Waals surface area contributed by atoms with E-state index < -0.39 is 0 Å². The summed E-state index contributed by atoms with van der Waals surface area (Å²) in [5.41, 5.74) is 1.54. The highest BCUT2D eigenvalue weighted by Gasteiger charge is 2.32. The Hall–Kier alpha value is -2.27. The van der Waals surface area contributed by atoms with E-state index in [1.165, 1.54) is 21.1 Å². The van der Waals surface area contributed by atoms with Gasteiger partial charge in [-0.1, -0.05) is 30.0 Å². The number of amides is 1. The number of fused-ring (bicyclic) bond motifs is 1. The standard InChI is InChI=1S/C21H24N4O4S2/c1-13-5-3-7-24-18(13)23-17(22-12-14-6-4-9-29-14)15(19(24)26)11-16-20(27)25(8-10-28-2)21(30)31-16/h3,5,7,11,14,22H,4,6,8-10,12H2,1-2H3/b16-11+. The van der Waals surface area contributed by atoms with Gasteiger partial charge < -0.3 is 14.8 Å². The van der Waals surface area contributed by atoms with Crippen LogP contribution in [-0.2, 0) is 14.3 Å². The van der Waals surface area contributed by atoms with E-state index in [1.54, 1.807) is 25.4 Å². The molecule has 8 nitrogen and oxygen atoms in total. The van der Waals surface area contributed by atoms with Crippen LogP contribution in [0.1, 0.15) is 24.0 Å². The number of pyridine rings is 1. The molecule has 1 atom stereocenters. The van der Waals surface area contributed by atoms with Gasteiger partial charge in [0.05, 0.1) is 29.7 Å². The highest BCUT2D eigenvalue weighted by molar-refractivity contribution is 8.26. The van der Waals surface area contributed by atoms with Crippen molar-refractivity contribution >= 4 is 51.7 Å². The molecule has 4 heterocycles. The Labute approximate surface area is 189 Å². The monoisotopic (exact) mass is 460 g/mol. The summed E-state index contributed by atoms with van der Waals surface area (Å²) in [5, 5.41) is 3.28. The van der Waals surface area contributed by atoms with E-state index in [-0.39, 0.29) is 17.6 Å². The molecule has 0 aliphatic carbocycles. The van der Waals surface area contributed by atoms with Crippen molar-refractivity contribution in [2.45, 2.75) is 25.9 Å². The molecule has 0 bridgehead atoms. The van der Waals surface area contributed by atoms with E-state index in [9.17, 15) is 9.59 Å². The number of thiocarbonyl (C=S) groups is 1. The fraction of sp³-hybridized carbons (Fsp3) is 0.429. The van der Waals surface area contributed by atoms with Crippen molar-refractivity contribution < 1.29 is 14.3 Å². The Kier molecular flexibility index (Phi) is 6.71. The second kappa shape index (κ2) is 9.47. The van der Waals surface area contributed by atoms with Crippen LogP contribution >= 0.6 is 24.0 Å². The number of carbonyl (C=O) groups excluding carboxylic acids is 1. The summed E-state index contributed by atoms with van der Waals surface area (Å²) in [4.78, 5) is 32.8. The Morgan fingerprint density at radius 2 is 2.29 bits per heavy atom. The first kappa shape index (κ1) is 21.9. The van der Waals surface area contributed by atoms with Crippen molar-refractivity contribution in [2.24, 2.45) is 0 Å². The van der Waals surface area contributed by atoms with Gasteiger partial charge in [-0.2, -0.15) is 0 Å². The SMILES string of the molecule is COCCN1C(=O)/C(=C\c2c(NCC3CCCO3)nc3c(C)cccn3c2=O)SC1=S.